The average molecular weight is 201 g/mol. The van der Waals surface area contributed by atoms with Gasteiger partial charge in [-0.25, -0.2) is 4.98 Å². The molecule has 70 valence electrons. The molecule has 5 N–H and O–H groups in total. The van der Waals surface area contributed by atoms with E-state index in [0.29, 0.717) is 5.69 Å². The highest BCUT2D eigenvalue weighted by molar-refractivity contribution is 6.30. The first kappa shape index (κ1) is 9.60. The summed E-state index contributed by atoms with van der Waals surface area (Å²) in [5.74, 6) is -0.135. The topological polar surface area (TPSA) is 94.0 Å². The van der Waals surface area contributed by atoms with Gasteiger partial charge in [0, 0.05) is 13.0 Å². The van der Waals surface area contributed by atoms with Crippen molar-refractivity contribution in [3.8, 4) is 0 Å². The molecule has 0 saturated carbocycles. The van der Waals surface area contributed by atoms with Gasteiger partial charge in [0.15, 0.2) is 5.82 Å². The number of nitrogen functional groups attached to an aromatic ring is 2. The van der Waals surface area contributed by atoms with Gasteiger partial charge in [-0.3, -0.25) is 4.79 Å². The molecule has 1 aromatic rings. The number of nitrogens with two attached hydrogens (primary N) is 2. The second kappa shape index (κ2) is 3.49. The zero-order chi connectivity index (χ0) is 10.0. The molecule has 0 aliphatic rings. The SMILES string of the molecule is CC(=O)Nc1cc(Cl)nc(N)c1N. The van der Waals surface area contributed by atoms with Gasteiger partial charge in [0.1, 0.15) is 5.15 Å². The number of rotatable bonds is 1. The second-order valence-electron chi connectivity index (χ2n) is 2.47. The maximum absolute atomic E-state index is 10.7. The van der Waals surface area contributed by atoms with E-state index in [2.05, 4.69) is 10.3 Å². The summed E-state index contributed by atoms with van der Waals surface area (Å²) in [6.07, 6.45) is 0. The highest BCUT2D eigenvalue weighted by Gasteiger charge is 2.07. The summed E-state index contributed by atoms with van der Waals surface area (Å²) >= 11 is 5.61. The van der Waals surface area contributed by atoms with Gasteiger partial charge < -0.3 is 16.8 Å². The Morgan fingerprint density at radius 1 is 1.62 bits per heavy atom. The normalized spacial score (nSPS) is 9.69. The Morgan fingerprint density at radius 3 is 2.77 bits per heavy atom. The summed E-state index contributed by atoms with van der Waals surface area (Å²) in [6.45, 7) is 1.37. The Hall–Kier alpha value is -1.49. The van der Waals surface area contributed by atoms with Gasteiger partial charge >= 0.3 is 0 Å². The van der Waals surface area contributed by atoms with Gasteiger partial charge in [-0.05, 0) is 0 Å². The van der Waals surface area contributed by atoms with Gasteiger partial charge in [-0.1, -0.05) is 11.6 Å². The number of carbonyl (C=O) groups is 1. The summed E-state index contributed by atoms with van der Waals surface area (Å²) in [5.41, 5.74) is 11.6. The third-order valence-electron chi connectivity index (χ3n) is 1.37. The predicted molar refractivity (Wildman–Crippen MR) is 52.4 cm³/mol. The molecular weight excluding hydrogens is 192 g/mol. The van der Waals surface area contributed by atoms with Crippen molar-refractivity contribution >= 4 is 34.7 Å². The number of halogens is 1. The van der Waals surface area contributed by atoms with Crippen LogP contribution < -0.4 is 16.8 Å². The minimum Gasteiger partial charge on any atom is -0.394 e. The molecule has 0 unspecified atom stereocenters. The lowest BCUT2D eigenvalue weighted by atomic mass is 10.3. The van der Waals surface area contributed by atoms with Crippen molar-refractivity contribution in [2.24, 2.45) is 0 Å². The fourth-order valence-corrected chi connectivity index (χ4v) is 1.04. The van der Waals surface area contributed by atoms with Gasteiger partial charge in [0.25, 0.3) is 0 Å². The molecule has 6 heteroatoms. The molecule has 5 nitrogen and oxygen atoms in total. The van der Waals surface area contributed by atoms with Crippen molar-refractivity contribution in [3.05, 3.63) is 11.2 Å². The fourth-order valence-electron chi connectivity index (χ4n) is 0.835. The first-order valence-corrected chi connectivity index (χ1v) is 3.87. The zero-order valence-corrected chi connectivity index (χ0v) is 7.72. The molecule has 1 aromatic heterocycles. The van der Waals surface area contributed by atoms with Crippen LogP contribution in [-0.4, -0.2) is 10.9 Å². The van der Waals surface area contributed by atoms with E-state index < -0.39 is 0 Å². The van der Waals surface area contributed by atoms with Crippen LogP contribution in [0.2, 0.25) is 5.15 Å². The van der Waals surface area contributed by atoms with Crippen LogP contribution in [0.1, 0.15) is 6.92 Å². The minimum atomic E-state index is -0.242. The Kier molecular flexibility index (Phi) is 2.57. The third kappa shape index (κ3) is 2.22. The molecule has 0 aliphatic carbocycles. The molecule has 0 aliphatic heterocycles. The maximum Gasteiger partial charge on any atom is 0.221 e. The van der Waals surface area contributed by atoms with Crippen LogP contribution in [0.3, 0.4) is 0 Å². The molecule has 0 aromatic carbocycles. The number of pyridine rings is 1. The van der Waals surface area contributed by atoms with E-state index in [9.17, 15) is 4.79 Å². The van der Waals surface area contributed by atoms with Crippen molar-refractivity contribution in [3.63, 3.8) is 0 Å². The molecule has 1 amide bonds. The molecule has 0 radical (unpaired) electrons. The lowest BCUT2D eigenvalue weighted by Crippen LogP contribution is -2.10. The number of nitrogens with zero attached hydrogens (tertiary/aromatic N) is 1. The number of hydrogen-bond acceptors (Lipinski definition) is 4. The number of hydrogen-bond donors (Lipinski definition) is 3. The van der Waals surface area contributed by atoms with Gasteiger partial charge in [-0.2, -0.15) is 0 Å². The number of carbonyl (C=O) groups excluding carboxylic acids is 1. The molecule has 0 saturated heterocycles. The van der Waals surface area contributed by atoms with E-state index in [1.54, 1.807) is 0 Å². The Balaban J connectivity index is 3.12. The Bertz CT molecular complexity index is 353. The smallest absolute Gasteiger partial charge is 0.221 e. The zero-order valence-electron chi connectivity index (χ0n) is 6.97. The van der Waals surface area contributed by atoms with E-state index in [4.69, 9.17) is 23.1 Å². The number of aromatic nitrogens is 1. The highest BCUT2D eigenvalue weighted by atomic mass is 35.5. The first-order chi connectivity index (χ1) is 6.00. The van der Waals surface area contributed by atoms with Crippen molar-refractivity contribution in [1.29, 1.82) is 0 Å². The van der Waals surface area contributed by atoms with E-state index >= 15 is 0 Å². The molecule has 0 fully saturated rings. The van der Waals surface area contributed by atoms with Crippen LogP contribution in [0, 0.1) is 0 Å². The fraction of sp³-hybridized carbons (Fsp3) is 0.143. The summed E-state index contributed by atoms with van der Waals surface area (Å²) in [6, 6.07) is 1.44. The lowest BCUT2D eigenvalue weighted by Gasteiger charge is -2.07. The molecule has 1 rings (SSSR count). The summed E-state index contributed by atoms with van der Waals surface area (Å²) < 4.78 is 0. The molecular formula is C7H9ClN4O. The summed E-state index contributed by atoms with van der Waals surface area (Å²) in [7, 11) is 0. The Labute approximate surface area is 80.1 Å². The quantitative estimate of drug-likeness (QED) is 0.586. The molecule has 0 bridgehead atoms. The van der Waals surface area contributed by atoms with Crippen LogP contribution in [-0.2, 0) is 4.79 Å². The van der Waals surface area contributed by atoms with Crippen molar-refractivity contribution < 1.29 is 4.79 Å². The van der Waals surface area contributed by atoms with Gasteiger partial charge in [0.05, 0.1) is 11.4 Å². The monoisotopic (exact) mass is 200 g/mol. The van der Waals surface area contributed by atoms with Gasteiger partial charge in [-0.15, -0.1) is 0 Å². The lowest BCUT2D eigenvalue weighted by molar-refractivity contribution is -0.114. The molecule has 13 heavy (non-hydrogen) atoms. The number of amides is 1. The first-order valence-electron chi connectivity index (χ1n) is 3.50. The summed E-state index contributed by atoms with van der Waals surface area (Å²) in [4.78, 5) is 14.4. The number of nitrogens with one attached hydrogen (secondary N) is 1. The standard InChI is InChI=1S/C7H9ClN4O/c1-3(13)11-4-2-5(8)12-7(10)6(4)9/h2H,9H2,1H3,(H3,10,11,12,13). The number of anilines is 3. The van der Waals surface area contributed by atoms with Crippen molar-refractivity contribution in [2.45, 2.75) is 6.92 Å². The maximum atomic E-state index is 10.7. The van der Waals surface area contributed by atoms with E-state index in [0.717, 1.165) is 0 Å². The average Bonchev–Trinajstić information content (AvgIpc) is 1.98. The molecule has 0 atom stereocenters. The molecule has 1 heterocycles. The van der Waals surface area contributed by atoms with Crippen LogP contribution in [0.4, 0.5) is 17.2 Å². The van der Waals surface area contributed by atoms with E-state index in [-0.39, 0.29) is 22.6 Å². The molecule has 0 spiro atoms. The van der Waals surface area contributed by atoms with Gasteiger partial charge in [0.2, 0.25) is 5.91 Å². The van der Waals surface area contributed by atoms with Crippen LogP contribution in [0.15, 0.2) is 6.07 Å². The summed E-state index contributed by atoms with van der Waals surface area (Å²) in [5, 5.41) is 2.68. The van der Waals surface area contributed by atoms with Crippen molar-refractivity contribution in [1.82, 2.24) is 4.98 Å². The predicted octanol–water partition coefficient (Wildman–Crippen LogP) is 0.858. The van der Waals surface area contributed by atoms with Crippen LogP contribution in [0.25, 0.3) is 0 Å². The minimum absolute atomic E-state index is 0.108. The highest BCUT2D eigenvalue weighted by Crippen LogP contribution is 2.26. The van der Waals surface area contributed by atoms with Crippen LogP contribution in [0.5, 0.6) is 0 Å². The van der Waals surface area contributed by atoms with E-state index in [1.165, 1.54) is 13.0 Å². The Morgan fingerprint density at radius 2 is 2.23 bits per heavy atom. The van der Waals surface area contributed by atoms with Crippen molar-refractivity contribution in [2.75, 3.05) is 16.8 Å². The van der Waals surface area contributed by atoms with Crippen LogP contribution >= 0.6 is 11.6 Å². The second-order valence-corrected chi connectivity index (χ2v) is 2.86. The largest absolute Gasteiger partial charge is 0.394 e. The third-order valence-corrected chi connectivity index (χ3v) is 1.56. The van der Waals surface area contributed by atoms with E-state index in [1.807, 2.05) is 0 Å².